The van der Waals surface area contributed by atoms with Gasteiger partial charge in [-0.2, -0.15) is 0 Å². The molecule has 0 radical (unpaired) electrons. The van der Waals surface area contributed by atoms with Gasteiger partial charge in [0, 0.05) is 12.2 Å². The van der Waals surface area contributed by atoms with Crippen molar-refractivity contribution in [3.05, 3.63) is 29.8 Å². The van der Waals surface area contributed by atoms with Gasteiger partial charge in [-0.1, -0.05) is 26.0 Å². The Labute approximate surface area is 190 Å². The van der Waals surface area contributed by atoms with E-state index in [2.05, 4.69) is 16.0 Å². The maximum atomic E-state index is 12.8. The van der Waals surface area contributed by atoms with Crippen LogP contribution in [0, 0.1) is 5.92 Å². The number of ether oxygens (including phenoxy) is 1. The van der Waals surface area contributed by atoms with Crippen molar-refractivity contribution < 1.29 is 24.2 Å². The third-order valence-corrected chi connectivity index (χ3v) is 4.65. The maximum Gasteiger partial charge on any atom is 0.407 e. The van der Waals surface area contributed by atoms with Gasteiger partial charge in [0.25, 0.3) is 0 Å². The Morgan fingerprint density at radius 3 is 2.22 bits per heavy atom. The fourth-order valence-electron chi connectivity index (χ4n) is 2.74. The quantitative estimate of drug-likeness (QED) is 0.327. The number of carbonyl (C=O) groups excluding carboxylic acids is 3. The number of alkyl carbamates (subject to hydrolysis) is 1. The van der Waals surface area contributed by atoms with Crippen LogP contribution in [0.15, 0.2) is 24.3 Å². The van der Waals surface area contributed by atoms with Crippen molar-refractivity contribution in [3.8, 4) is 0 Å². The molecule has 0 heterocycles. The van der Waals surface area contributed by atoms with Crippen LogP contribution in [0.4, 0.5) is 10.5 Å². The van der Waals surface area contributed by atoms with Gasteiger partial charge >= 0.3 is 6.09 Å². The van der Waals surface area contributed by atoms with Gasteiger partial charge in [-0.25, -0.2) is 4.79 Å². The first kappa shape index (κ1) is 27.4. The molecule has 0 aliphatic rings. The Kier molecular flexibility index (Phi) is 11.1. The molecule has 0 bridgehead atoms. The highest BCUT2D eigenvalue weighted by atomic mass is 16.6. The summed E-state index contributed by atoms with van der Waals surface area (Å²) in [6.45, 7) is 9.35. The largest absolute Gasteiger partial charge is 0.444 e. The molecule has 9 heteroatoms. The summed E-state index contributed by atoms with van der Waals surface area (Å²) >= 11 is 0. The van der Waals surface area contributed by atoms with Crippen molar-refractivity contribution >= 4 is 23.6 Å². The van der Waals surface area contributed by atoms with Gasteiger partial charge in [-0.15, -0.1) is 0 Å². The molecule has 0 aliphatic carbocycles. The van der Waals surface area contributed by atoms with Crippen LogP contribution in [0.3, 0.4) is 0 Å². The lowest BCUT2D eigenvalue weighted by atomic mass is 10.0. The number of aliphatic hydroxyl groups excluding tert-OH is 1. The van der Waals surface area contributed by atoms with Gasteiger partial charge in [0.1, 0.15) is 11.6 Å². The van der Waals surface area contributed by atoms with E-state index in [9.17, 15) is 14.4 Å². The second-order valence-electron chi connectivity index (χ2n) is 9.10. The van der Waals surface area contributed by atoms with Crippen LogP contribution >= 0.6 is 0 Å². The summed E-state index contributed by atoms with van der Waals surface area (Å²) in [5.74, 6) is -0.809. The number of nitrogens with one attached hydrogen (secondary N) is 3. The third kappa shape index (κ3) is 10.6. The zero-order chi connectivity index (χ0) is 24.3. The highest BCUT2D eigenvalue weighted by Crippen LogP contribution is 2.12. The van der Waals surface area contributed by atoms with E-state index >= 15 is 0 Å². The summed E-state index contributed by atoms with van der Waals surface area (Å²) in [5.41, 5.74) is 6.65. The summed E-state index contributed by atoms with van der Waals surface area (Å²) in [6, 6.07) is 5.30. The molecule has 0 fully saturated rings. The summed E-state index contributed by atoms with van der Waals surface area (Å²) in [6.07, 6.45) is 1.09. The number of aliphatic hydroxyl groups is 1. The van der Waals surface area contributed by atoms with Gasteiger partial charge in [-0.05, 0) is 63.6 Å². The van der Waals surface area contributed by atoms with Crippen LogP contribution in [0.5, 0.6) is 0 Å². The van der Waals surface area contributed by atoms with E-state index < -0.39 is 23.8 Å². The lowest BCUT2D eigenvalue weighted by molar-refractivity contribution is -0.128. The number of rotatable bonds is 11. The number of anilines is 1. The molecular weight excluding hydrogens is 412 g/mol. The van der Waals surface area contributed by atoms with Crippen LogP contribution in [0.2, 0.25) is 0 Å². The first-order chi connectivity index (χ1) is 14.9. The van der Waals surface area contributed by atoms with E-state index in [0.717, 1.165) is 5.56 Å². The highest BCUT2D eigenvalue weighted by molar-refractivity contribution is 5.97. The zero-order valence-electron chi connectivity index (χ0n) is 19.7. The molecule has 180 valence electrons. The number of amides is 3. The molecule has 0 aliphatic heterocycles. The molecule has 1 aromatic carbocycles. The lowest BCUT2D eigenvalue weighted by Crippen LogP contribution is -2.51. The molecule has 1 rings (SSSR count). The van der Waals surface area contributed by atoms with E-state index in [1.165, 1.54) is 0 Å². The average molecular weight is 451 g/mol. The fourth-order valence-corrected chi connectivity index (χ4v) is 2.74. The number of nitrogens with two attached hydrogens (primary N) is 1. The molecule has 2 atom stereocenters. The number of unbranched alkanes of at least 4 members (excludes halogenated alkanes) is 1. The summed E-state index contributed by atoms with van der Waals surface area (Å²) in [4.78, 5) is 37.0. The molecule has 0 aromatic heterocycles. The topological polar surface area (TPSA) is 143 Å². The normalized spacial score (nSPS) is 13.2. The van der Waals surface area contributed by atoms with Gasteiger partial charge in [0.05, 0.1) is 12.6 Å². The van der Waals surface area contributed by atoms with Crippen molar-refractivity contribution in [2.45, 2.75) is 78.2 Å². The van der Waals surface area contributed by atoms with Crippen LogP contribution < -0.4 is 21.7 Å². The zero-order valence-corrected chi connectivity index (χ0v) is 19.7. The van der Waals surface area contributed by atoms with Crippen molar-refractivity contribution in [1.82, 2.24) is 10.6 Å². The number of hydrogen-bond donors (Lipinski definition) is 5. The van der Waals surface area contributed by atoms with Gasteiger partial charge in [0.15, 0.2) is 0 Å². The predicted octanol–water partition coefficient (Wildman–Crippen LogP) is 2.28. The van der Waals surface area contributed by atoms with Gasteiger partial charge in [0.2, 0.25) is 11.8 Å². The van der Waals surface area contributed by atoms with Crippen molar-refractivity contribution in [2.75, 3.05) is 11.9 Å². The second kappa shape index (κ2) is 13.0. The SMILES string of the molecule is CC(C)[C@H](N)C(=O)NC(CCCCNC(=O)OC(C)(C)C)C(=O)Nc1ccc(CO)cc1. The molecular formula is C23H38N4O5. The minimum absolute atomic E-state index is 0.0669. The molecule has 32 heavy (non-hydrogen) atoms. The summed E-state index contributed by atoms with van der Waals surface area (Å²) < 4.78 is 5.19. The number of hydrogen-bond acceptors (Lipinski definition) is 6. The second-order valence-corrected chi connectivity index (χ2v) is 9.10. The standard InChI is InChI=1S/C23H38N4O5/c1-15(2)19(24)21(30)27-18(8-6-7-13-25-22(31)32-23(3,4)5)20(29)26-17-11-9-16(14-28)10-12-17/h9-12,15,18-19,28H,6-8,13-14,24H2,1-5H3,(H,25,31)(H,26,29)(H,27,30)/t18?,19-/m0/s1. The third-order valence-electron chi connectivity index (χ3n) is 4.65. The molecule has 3 amide bonds. The van der Waals surface area contributed by atoms with Crippen LogP contribution in [-0.2, 0) is 20.9 Å². The van der Waals surface area contributed by atoms with Crippen molar-refractivity contribution in [3.63, 3.8) is 0 Å². The Balaban J connectivity index is 2.66. The number of carbonyl (C=O) groups is 3. The Bertz CT molecular complexity index is 744. The van der Waals surface area contributed by atoms with E-state index in [1.54, 1.807) is 45.0 Å². The van der Waals surface area contributed by atoms with E-state index in [-0.39, 0.29) is 24.3 Å². The Hall–Kier alpha value is -2.65. The van der Waals surface area contributed by atoms with Crippen molar-refractivity contribution in [2.24, 2.45) is 11.7 Å². The Morgan fingerprint density at radius 1 is 1.06 bits per heavy atom. The fraction of sp³-hybridized carbons (Fsp3) is 0.609. The lowest BCUT2D eigenvalue weighted by Gasteiger charge is -2.22. The summed E-state index contributed by atoms with van der Waals surface area (Å²) in [5, 5.41) is 17.4. The molecule has 0 saturated heterocycles. The minimum Gasteiger partial charge on any atom is -0.444 e. The minimum atomic E-state index is -0.772. The smallest absolute Gasteiger partial charge is 0.407 e. The maximum absolute atomic E-state index is 12.8. The van der Waals surface area contributed by atoms with Gasteiger partial charge in [-0.3, -0.25) is 9.59 Å². The Morgan fingerprint density at radius 2 is 1.69 bits per heavy atom. The van der Waals surface area contributed by atoms with Gasteiger partial charge < -0.3 is 31.5 Å². The summed E-state index contributed by atoms with van der Waals surface area (Å²) in [7, 11) is 0. The van der Waals surface area contributed by atoms with Crippen molar-refractivity contribution in [1.29, 1.82) is 0 Å². The predicted molar refractivity (Wildman–Crippen MR) is 124 cm³/mol. The average Bonchev–Trinajstić information content (AvgIpc) is 2.70. The van der Waals surface area contributed by atoms with Crippen LogP contribution in [0.25, 0.3) is 0 Å². The highest BCUT2D eigenvalue weighted by Gasteiger charge is 2.25. The first-order valence-electron chi connectivity index (χ1n) is 11.0. The molecule has 0 spiro atoms. The molecule has 1 unspecified atom stereocenters. The number of benzene rings is 1. The molecule has 0 saturated carbocycles. The first-order valence-corrected chi connectivity index (χ1v) is 11.0. The molecule has 9 nitrogen and oxygen atoms in total. The van der Waals surface area contributed by atoms with E-state index in [0.29, 0.717) is 31.5 Å². The van der Waals surface area contributed by atoms with E-state index in [1.807, 2.05) is 13.8 Å². The van der Waals surface area contributed by atoms with E-state index in [4.69, 9.17) is 15.6 Å². The van der Waals surface area contributed by atoms with Crippen LogP contribution in [0.1, 0.15) is 59.4 Å². The van der Waals surface area contributed by atoms with Crippen LogP contribution in [-0.4, -0.2) is 47.2 Å². The molecule has 1 aromatic rings. The molecule has 6 N–H and O–H groups in total. The monoisotopic (exact) mass is 450 g/mol.